The van der Waals surface area contributed by atoms with Crippen molar-refractivity contribution in [2.24, 2.45) is 0 Å². The Morgan fingerprint density at radius 3 is 2.89 bits per heavy atom. The summed E-state index contributed by atoms with van der Waals surface area (Å²) in [5.74, 6) is 1.13. The van der Waals surface area contributed by atoms with Gasteiger partial charge in [0.2, 0.25) is 5.82 Å². The zero-order valence-corrected chi connectivity index (χ0v) is 11.0. The first kappa shape index (κ1) is 13.5. The lowest BCUT2D eigenvalue weighted by Crippen LogP contribution is -2.32. The SMILES string of the molecule is CCC(OC)c1noc(COC2CCNCC2)n1. The summed E-state index contributed by atoms with van der Waals surface area (Å²) in [6, 6.07) is 0. The minimum absolute atomic E-state index is 0.0959. The first-order chi connectivity index (χ1) is 8.83. The molecule has 1 unspecified atom stereocenters. The Bertz CT molecular complexity index is 346. The molecule has 1 aliphatic heterocycles. The smallest absolute Gasteiger partial charge is 0.252 e. The summed E-state index contributed by atoms with van der Waals surface area (Å²) in [7, 11) is 1.65. The first-order valence-electron chi connectivity index (χ1n) is 6.51. The molecule has 0 radical (unpaired) electrons. The van der Waals surface area contributed by atoms with Crippen LogP contribution in [0, 0.1) is 0 Å². The molecule has 18 heavy (non-hydrogen) atoms. The highest BCUT2D eigenvalue weighted by Crippen LogP contribution is 2.17. The van der Waals surface area contributed by atoms with Crippen LogP contribution in [0.25, 0.3) is 0 Å². The molecule has 0 bridgehead atoms. The van der Waals surface area contributed by atoms with Gasteiger partial charge in [-0.2, -0.15) is 4.98 Å². The largest absolute Gasteiger partial charge is 0.373 e. The van der Waals surface area contributed by atoms with Crippen LogP contribution in [0.15, 0.2) is 4.52 Å². The van der Waals surface area contributed by atoms with Gasteiger partial charge >= 0.3 is 0 Å². The fraction of sp³-hybridized carbons (Fsp3) is 0.833. The van der Waals surface area contributed by atoms with E-state index in [0.29, 0.717) is 24.4 Å². The summed E-state index contributed by atoms with van der Waals surface area (Å²) < 4.78 is 16.2. The fourth-order valence-corrected chi connectivity index (χ4v) is 2.06. The Labute approximate surface area is 107 Å². The van der Waals surface area contributed by atoms with Crippen LogP contribution in [0.2, 0.25) is 0 Å². The van der Waals surface area contributed by atoms with Gasteiger partial charge in [-0.25, -0.2) is 0 Å². The average Bonchev–Trinajstić information content (AvgIpc) is 2.88. The third-order valence-electron chi connectivity index (χ3n) is 3.16. The summed E-state index contributed by atoms with van der Waals surface area (Å²) in [4.78, 5) is 4.29. The Morgan fingerprint density at radius 1 is 1.44 bits per heavy atom. The first-order valence-corrected chi connectivity index (χ1v) is 6.51. The quantitative estimate of drug-likeness (QED) is 0.829. The maximum absolute atomic E-state index is 5.75. The molecule has 6 heteroatoms. The number of hydrogen-bond acceptors (Lipinski definition) is 6. The number of aromatic nitrogens is 2. The molecule has 1 atom stereocenters. The predicted octanol–water partition coefficient (Wildman–Crippen LogP) is 1.44. The maximum Gasteiger partial charge on any atom is 0.252 e. The van der Waals surface area contributed by atoms with Crippen molar-refractivity contribution < 1.29 is 14.0 Å². The Kier molecular flexibility index (Phi) is 5.10. The van der Waals surface area contributed by atoms with E-state index in [0.717, 1.165) is 32.4 Å². The fourth-order valence-electron chi connectivity index (χ4n) is 2.06. The average molecular weight is 255 g/mol. The van der Waals surface area contributed by atoms with Crippen LogP contribution in [0.3, 0.4) is 0 Å². The lowest BCUT2D eigenvalue weighted by molar-refractivity contribution is 0.00859. The molecule has 1 saturated heterocycles. The van der Waals surface area contributed by atoms with Crippen LogP contribution in [0.5, 0.6) is 0 Å². The molecule has 6 nitrogen and oxygen atoms in total. The number of ether oxygens (including phenoxy) is 2. The normalized spacial score (nSPS) is 19.0. The number of nitrogens with zero attached hydrogens (tertiary/aromatic N) is 2. The van der Waals surface area contributed by atoms with Crippen molar-refractivity contribution in [2.75, 3.05) is 20.2 Å². The summed E-state index contributed by atoms with van der Waals surface area (Å²) in [6.45, 7) is 4.44. The maximum atomic E-state index is 5.75. The number of nitrogens with one attached hydrogen (secondary N) is 1. The van der Waals surface area contributed by atoms with E-state index in [2.05, 4.69) is 15.5 Å². The second-order valence-corrected chi connectivity index (χ2v) is 4.44. The summed E-state index contributed by atoms with van der Waals surface area (Å²) in [5, 5.41) is 7.22. The van der Waals surface area contributed by atoms with Crippen molar-refractivity contribution in [2.45, 2.75) is 45.0 Å². The number of piperidine rings is 1. The van der Waals surface area contributed by atoms with Crippen molar-refractivity contribution in [3.05, 3.63) is 11.7 Å². The van der Waals surface area contributed by atoms with Crippen LogP contribution in [-0.4, -0.2) is 36.4 Å². The molecule has 0 aliphatic carbocycles. The van der Waals surface area contributed by atoms with Gasteiger partial charge in [-0.3, -0.25) is 0 Å². The molecular formula is C12H21N3O3. The zero-order chi connectivity index (χ0) is 12.8. The van der Waals surface area contributed by atoms with Crippen molar-refractivity contribution in [1.82, 2.24) is 15.5 Å². The van der Waals surface area contributed by atoms with E-state index in [1.807, 2.05) is 6.92 Å². The van der Waals surface area contributed by atoms with Crippen LogP contribution in [-0.2, 0) is 16.1 Å². The van der Waals surface area contributed by atoms with Gasteiger partial charge in [-0.1, -0.05) is 12.1 Å². The van der Waals surface area contributed by atoms with Gasteiger partial charge in [-0.15, -0.1) is 0 Å². The Balaban J connectivity index is 1.82. The molecule has 0 amide bonds. The predicted molar refractivity (Wildman–Crippen MR) is 65.0 cm³/mol. The van der Waals surface area contributed by atoms with Gasteiger partial charge in [0.15, 0.2) is 0 Å². The van der Waals surface area contributed by atoms with Crippen molar-refractivity contribution in [1.29, 1.82) is 0 Å². The molecule has 102 valence electrons. The van der Waals surface area contributed by atoms with Gasteiger partial charge in [0.1, 0.15) is 12.7 Å². The van der Waals surface area contributed by atoms with Crippen LogP contribution < -0.4 is 5.32 Å². The van der Waals surface area contributed by atoms with E-state index >= 15 is 0 Å². The highest BCUT2D eigenvalue weighted by molar-refractivity contribution is 4.90. The summed E-state index contributed by atoms with van der Waals surface area (Å²) >= 11 is 0. The summed E-state index contributed by atoms with van der Waals surface area (Å²) in [6.07, 6.45) is 3.10. The van der Waals surface area contributed by atoms with E-state index in [1.165, 1.54) is 0 Å². The standard InChI is InChI=1S/C12H21N3O3/c1-3-10(16-2)12-14-11(18-15-12)8-17-9-4-6-13-7-5-9/h9-10,13H,3-8H2,1-2H3. The second kappa shape index (κ2) is 6.82. The van der Waals surface area contributed by atoms with Crippen LogP contribution in [0.4, 0.5) is 0 Å². The highest BCUT2D eigenvalue weighted by Gasteiger charge is 2.18. The number of methoxy groups -OCH3 is 1. The molecule has 0 aromatic carbocycles. The summed E-state index contributed by atoms with van der Waals surface area (Å²) in [5.41, 5.74) is 0. The highest BCUT2D eigenvalue weighted by atomic mass is 16.5. The molecule has 2 heterocycles. The van der Waals surface area contributed by atoms with E-state index in [-0.39, 0.29) is 6.10 Å². The lowest BCUT2D eigenvalue weighted by Gasteiger charge is -2.21. The van der Waals surface area contributed by atoms with Crippen molar-refractivity contribution in [3.63, 3.8) is 0 Å². The van der Waals surface area contributed by atoms with Gasteiger partial charge in [0.05, 0.1) is 6.10 Å². The third-order valence-corrected chi connectivity index (χ3v) is 3.16. The van der Waals surface area contributed by atoms with E-state index in [4.69, 9.17) is 14.0 Å². The number of hydrogen-bond donors (Lipinski definition) is 1. The molecule has 2 rings (SSSR count). The molecular weight excluding hydrogens is 234 g/mol. The molecule has 1 aromatic rings. The van der Waals surface area contributed by atoms with Crippen molar-refractivity contribution in [3.8, 4) is 0 Å². The molecule has 1 N–H and O–H groups in total. The van der Waals surface area contributed by atoms with Gasteiger partial charge in [0, 0.05) is 7.11 Å². The number of rotatable bonds is 6. The monoisotopic (exact) mass is 255 g/mol. The zero-order valence-electron chi connectivity index (χ0n) is 11.0. The van der Waals surface area contributed by atoms with Crippen molar-refractivity contribution >= 4 is 0 Å². The van der Waals surface area contributed by atoms with Crippen LogP contribution in [0.1, 0.15) is 44.0 Å². The van der Waals surface area contributed by atoms with Gasteiger partial charge in [0.25, 0.3) is 5.89 Å². The van der Waals surface area contributed by atoms with E-state index < -0.39 is 0 Å². The molecule has 1 aliphatic rings. The van der Waals surface area contributed by atoms with Crippen LogP contribution >= 0.6 is 0 Å². The molecule has 0 spiro atoms. The second-order valence-electron chi connectivity index (χ2n) is 4.44. The van der Waals surface area contributed by atoms with E-state index in [9.17, 15) is 0 Å². The Morgan fingerprint density at radius 2 is 2.22 bits per heavy atom. The molecule has 0 saturated carbocycles. The molecule has 1 fully saturated rings. The topological polar surface area (TPSA) is 69.4 Å². The van der Waals surface area contributed by atoms with Gasteiger partial charge < -0.3 is 19.3 Å². The Hall–Kier alpha value is -0.980. The van der Waals surface area contributed by atoms with E-state index in [1.54, 1.807) is 7.11 Å². The lowest BCUT2D eigenvalue weighted by atomic mass is 10.1. The molecule has 1 aromatic heterocycles. The minimum Gasteiger partial charge on any atom is -0.373 e. The minimum atomic E-state index is -0.0959. The van der Waals surface area contributed by atoms with Gasteiger partial charge in [-0.05, 0) is 32.4 Å². The third kappa shape index (κ3) is 3.51.